The Balaban J connectivity index is 0.00000324. The highest BCUT2D eigenvalue weighted by Gasteiger charge is 1.98. The van der Waals surface area contributed by atoms with Crippen molar-refractivity contribution < 1.29 is 0 Å². The molecular formula is C14H25IN4. The Kier molecular flexibility index (Phi) is 8.54. The monoisotopic (exact) mass is 376 g/mol. The first-order chi connectivity index (χ1) is 8.49. The largest absolute Gasteiger partial charge is 0.378 e. The van der Waals surface area contributed by atoms with E-state index in [9.17, 15) is 0 Å². The van der Waals surface area contributed by atoms with E-state index in [-0.39, 0.29) is 24.0 Å². The molecule has 0 atom stereocenters. The third-order valence-electron chi connectivity index (χ3n) is 2.55. The van der Waals surface area contributed by atoms with Gasteiger partial charge < -0.3 is 16.0 Å². The van der Waals surface area contributed by atoms with Crippen molar-refractivity contribution in [3.63, 3.8) is 0 Å². The fourth-order valence-electron chi connectivity index (χ4n) is 1.47. The number of nitrogens with two attached hydrogens (primary N) is 1. The fourth-order valence-corrected chi connectivity index (χ4v) is 1.47. The number of rotatable bonds is 5. The minimum Gasteiger partial charge on any atom is -0.378 e. The quantitative estimate of drug-likeness (QED) is 0.472. The minimum atomic E-state index is 0. The molecule has 0 radical (unpaired) electrons. The van der Waals surface area contributed by atoms with Crippen LogP contribution in [0.15, 0.2) is 29.3 Å². The molecule has 1 aromatic carbocycles. The Hall–Kier alpha value is -0.980. The van der Waals surface area contributed by atoms with Crippen molar-refractivity contribution >= 4 is 35.6 Å². The van der Waals surface area contributed by atoms with E-state index in [0.29, 0.717) is 18.4 Å². The summed E-state index contributed by atoms with van der Waals surface area (Å²) in [6.45, 7) is 5.74. The number of guanidine groups is 1. The molecule has 0 aliphatic rings. The Morgan fingerprint density at radius 1 is 1.37 bits per heavy atom. The smallest absolute Gasteiger partial charge is 0.188 e. The van der Waals surface area contributed by atoms with Crippen LogP contribution >= 0.6 is 24.0 Å². The summed E-state index contributed by atoms with van der Waals surface area (Å²) in [5, 5.41) is 3.11. The zero-order chi connectivity index (χ0) is 13.5. The maximum absolute atomic E-state index is 5.80. The number of hydrogen-bond acceptors (Lipinski definition) is 2. The molecule has 0 aliphatic carbocycles. The van der Waals surface area contributed by atoms with E-state index in [1.807, 2.05) is 20.2 Å². The van der Waals surface area contributed by atoms with Crippen molar-refractivity contribution in [1.29, 1.82) is 0 Å². The molecule has 108 valence electrons. The molecule has 0 aliphatic heterocycles. The van der Waals surface area contributed by atoms with Gasteiger partial charge in [-0.15, -0.1) is 24.0 Å². The molecule has 0 unspecified atom stereocenters. The van der Waals surface area contributed by atoms with Gasteiger partial charge in [0.15, 0.2) is 5.96 Å². The van der Waals surface area contributed by atoms with E-state index >= 15 is 0 Å². The predicted molar refractivity (Wildman–Crippen MR) is 94.4 cm³/mol. The molecule has 0 bridgehead atoms. The highest BCUT2D eigenvalue weighted by molar-refractivity contribution is 14.0. The van der Waals surface area contributed by atoms with Crippen LogP contribution in [0.3, 0.4) is 0 Å². The summed E-state index contributed by atoms with van der Waals surface area (Å²) in [6.07, 6.45) is 0. The summed E-state index contributed by atoms with van der Waals surface area (Å²) >= 11 is 0. The van der Waals surface area contributed by atoms with Gasteiger partial charge in [0, 0.05) is 26.3 Å². The van der Waals surface area contributed by atoms with E-state index < -0.39 is 0 Å². The lowest BCUT2D eigenvalue weighted by Crippen LogP contribution is -2.34. The van der Waals surface area contributed by atoms with E-state index in [2.05, 4.69) is 47.3 Å². The Morgan fingerprint density at radius 3 is 2.63 bits per heavy atom. The van der Waals surface area contributed by atoms with Gasteiger partial charge in [-0.2, -0.15) is 0 Å². The maximum Gasteiger partial charge on any atom is 0.188 e. The van der Waals surface area contributed by atoms with Gasteiger partial charge in [-0.25, -0.2) is 4.99 Å². The minimum absolute atomic E-state index is 0. The van der Waals surface area contributed by atoms with Crippen LogP contribution < -0.4 is 16.0 Å². The van der Waals surface area contributed by atoms with Crippen molar-refractivity contribution in [3.05, 3.63) is 29.8 Å². The molecule has 0 fully saturated rings. The Bertz CT molecular complexity index is 402. The highest BCUT2D eigenvalue weighted by Crippen LogP contribution is 2.13. The van der Waals surface area contributed by atoms with Gasteiger partial charge >= 0.3 is 0 Å². The van der Waals surface area contributed by atoms with Gasteiger partial charge in [-0.3, -0.25) is 0 Å². The van der Waals surface area contributed by atoms with E-state index in [1.165, 1.54) is 5.69 Å². The average molecular weight is 376 g/mol. The lowest BCUT2D eigenvalue weighted by molar-refractivity contribution is 0.622. The molecule has 1 aromatic rings. The lowest BCUT2D eigenvalue weighted by Gasteiger charge is -2.13. The summed E-state index contributed by atoms with van der Waals surface area (Å²) in [5.74, 6) is 1.08. The van der Waals surface area contributed by atoms with Gasteiger partial charge in [-0.1, -0.05) is 26.0 Å². The number of nitrogens with zero attached hydrogens (tertiary/aromatic N) is 2. The summed E-state index contributed by atoms with van der Waals surface area (Å²) in [5.41, 5.74) is 8.14. The lowest BCUT2D eigenvalue weighted by atomic mass is 10.2. The first-order valence-corrected chi connectivity index (χ1v) is 6.29. The molecule has 0 saturated heterocycles. The van der Waals surface area contributed by atoms with Gasteiger partial charge in [0.1, 0.15) is 0 Å². The zero-order valence-electron chi connectivity index (χ0n) is 12.2. The van der Waals surface area contributed by atoms with Crippen molar-refractivity contribution in [2.45, 2.75) is 20.4 Å². The SMILES string of the molecule is CC(C)CNC(N)=NCc1cccc(N(C)C)c1.I. The van der Waals surface area contributed by atoms with E-state index in [1.54, 1.807) is 0 Å². The first-order valence-electron chi connectivity index (χ1n) is 6.29. The molecule has 0 saturated carbocycles. The number of hydrogen-bond donors (Lipinski definition) is 2. The molecule has 19 heavy (non-hydrogen) atoms. The maximum atomic E-state index is 5.80. The van der Waals surface area contributed by atoms with Gasteiger partial charge in [0.05, 0.1) is 6.54 Å². The normalized spacial score (nSPS) is 11.1. The van der Waals surface area contributed by atoms with Gasteiger partial charge in [0.2, 0.25) is 0 Å². The number of aliphatic imine (C=N–C) groups is 1. The molecule has 4 nitrogen and oxygen atoms in total. The summed E-state index contributed by atoms with van der Waals surface area (Å²) in [6, 6.07) is 8.30. The average Bonchev–Trinajstić information content (AvgIpc) is 2.34. The van der Waals surface area contributed by atoms with Gasteiger partial charge in [-0.05, 0) is 23.6 Å². The van der Waals surface area contributed by atoms with Crippen LogP contribution in [-0.4, -0.2) is 26.6 Å². The van der Waals surface area contributed by atoms with Crippen LogP contribution in [0.5, 0.6) is 0 Å². The molecular weight excluding hydrogens is 351 g/mol. The van der Waals surface area contributed by atoms with Crippen LogP contribution in [-0.2, 0) is 6.54 Å². The van der Waals surface area contributed by atoms with Crippen LogP contribution in [0.1, 0.15) is 19.4 Å². The third kappa shape index (κ3) is 7.25. The van der Waals surface area contributed by atoms with Crippen molar-refractivity contribution in [3.8, 4) is 0 Å². The summed E-state index contributed by atoms with van der Waals surface area (Å²) < 4.78 is 0. The van der Waals surface area contributed by atoms with Crippen molar-refractivity contribution in [2.24, 2.45) is 16.6 Å². The second-order valence-corrected chi connectivity index (χ2v) is 5.04. The van der Waals surface area contributed by atoms with E-state index in [0.717, 1.165) is 12.1 Å². The number of nitrogens with one attached hydrogen (secondary N) is 1. The van der Waals surface area contributed by atoms with Crippen molar-refractivity contribution in [1.82, 2.24) is 5.32 Å². The Morgan fingerprint density at radius 2 is 2.05 bits per heavy atom. The summed E-state index contributed by atoms with van der Waals surface area (Å²) in [7, 11) is 4.06. The summed E-state index contributed by atoms with van der Waals surface area (Å²) in [4.78, 5) is 6.41. The van der Waals surface area contributed by atoms with Crippen LogP contribution in [0.4, 0.5) is 5.69 Å². The Labute approximate surface area is 133 Å². The van der Waals surface area contributed by atoms with Crippen LogP contribution in [0, 0.1) is 5.92 Å². The molecule has 0 amide bonds. The fraction of sp³-hybridized carbons (Fsp3) is 0.500. The zero-order valence-corrected chi connectivity index (χ0v) is 14.5. The second kappa shape index (κ2) is 9.01. The molecule has 0 heterocycles. The highest BCUT2D eigenvalue weighted by atomic mass is 127. The molecule has 0 spiro atoms. The topological polar surface area (TPSA) is 53.6 Å². The standard InChI is InChI=1S/C14H24N4.HI/c1-11(2)9-16-14(15)17-10-12-6-5-7-13(8-12)18(3)4;/h5-8,11H,9-10H2,1-4H3,(H3,15,16,17);1H. The molecule has 1 rings (SSSR count). The predicted octanol–water partition coefficient (Wildman–Crippen LogP) is 2.43. The second-order valence-electron chi connectivity index (χ2n) is 5.04. The number of benzene rings is 1. The first kappa shape index (κ1) is 18.0. The van der Waals surface area contributed by atoms with Crippen molar-refractivity contribution in [2.75, 3.05) is 25.5 Å². The molecule has 5 heteroatoms. The van der Waals surface area contributed by atoms with Crippen LogP contribution in [0.25, 0.3) is 0 Å². The molecule has 3 N–H and O–H groups in total. The van der Waals surface area contributed by atoms with E-state index in [4.69, 9.17) is 5.73 Å². The molecule has 0 aromatic heterocycles. The third-order valence-corrected chi connectivity index (χ3v) is 2.55. The number of halogens is 1. The number of anilines is 1. The van der Waals surface area contributed by atoms with Crippen LogP contribution in [0.2, 0.25) is 0 Å². The van der Waals surface area contributed by atoms with Gasteiger partial charge in [0.25, 0.3) is 0 Å².